The summed E-state index contributed by atoms with van der Waals surface area (Å²) in [5.41, 5.74) is 0.876. The van der Waals surface area contributed by atoms with Gasteiger partial charge in [0.25, 0.3) is 0 Å². The van der Waals surface area contributed by atoms with Gasteiger partial charge in [-0.25, -0.2) is 0 Å². The third-order valence-corrected chi connectivity index (χ3v) is 4.73. The number of amides is 2. The molecule has 1 aromatic rings. The van der Waals surface area contributed by atoms with E-state index in [0.717, 1.165) is 30.6 Å². The number of methoxy groups -OCH3 is 1. The molecular weight excluding hydrogens is 316 g/mol. The molecule has 1 aliphatic rings. The summed E-state index contributed by atoms with van der Waals surface area (Å²) in [7, 11) is 3.25. The Morgan fingerprint density at radius 2 is 2.08 bits per heavy atom. The van der Waals surface area contributed by atoms with Crippen LogP contribution in [0.2, 0.25) is 0 Å². The molecular formula is C20H28N2O3. The highest BCUT2D eigenvalue weighted by Crippen LogP contribution is 2.23. The lowest BCUT2D eigenvalue weighted by Crippen LogP contribution is -2.45. The van der Waals surface area contributed by atoms with Gasteiger partial charge in [0.05, 0.1) is 13.7 Å². The quantitative estimate of drug-likeness (QED) is 0.807. The SMILES string of the molecule is COc1cccc(/C=C/C(=O)N(C)CC(=O)NC2CCCCC2C)c1. The molecule has 2 rings (SSSR count). The minimum absolute atomic E-state index is 0.0739. The van der Waals surface area contributed by atoms with Crippen LogP contribution in [0.3, 0.4) is 0 Å². The van der Waals surface area contributed by atoms with Crippen molar-refractivity contribution in [3.63, 3.8) is 0 Å². The largest absolute Gasteiger partial charge is 0.497 e. The summed E-state index contributed by atoms with van der Waals surface area (Å²) >= 11 is 0. The summed E-state index contributed by atoms with van der Waals surface area (Å²) in [5.74, 6) is 0.953. The molecule has 2 unspecified atom stereocenters. The van der Waals surface area contributed by atoms with Crippen molar-refractivity contribution < 1.29 is 14.3 Å². The summed E-state index contributed by atoms with van der Waals surface area (Å²) in [6, 6.07) is 7.69. The zero-order valence-corrected chi connectivity index (χ0v) is 15.3. The lowest BCUT2D eigenvalue weighted by molar-refractivity contribution is -0.131. The minimum Gasteiger partial charge on any atom is -0.497 e. The summed E-state index contributed by atoms with van der Waals surface area (Å²) in [6.45, 7) is 2.25. The maximum Gasteiger partial charge on any atom is 0.246 e. The first-order valence-corrected chi connectivity index (χ1v) is 8.86. The highest BCUT2D eigenvalue weighted by Gasteiger charge is 2.23. The number of hydrogen-bond acceptors (Lipinski definition) is 3. The third kappa shape index (κ3) is 5.93. The van der Waals surface area contributed by atoms with Crippen LogP contribution in [-0.2, 0) is 9.59 Å². The molecule has 1 saturated carbocycles. The smallest absolute Gasteiger partial charge is 0.246 e. The first kappa shape index (κ1) is 19.0. The topological polar surface area (TPSA) is 58.6 Å². The molecule has 1 aliphatic carbocycles. The maximum atomic E-state index is 12.2. The number of ether oxygens (including phenoxy) is 1. The Morgan fingerprint density at radius 1 is 1.32 bits per heavy atom. The van der Waals surface area contributed by atoms with Crippen molar-refractivity contribution in [3.8, 4) is 5.75 Å². The van der Waals surface area contributed by atoms with Crippen molar-refractivity contribution in [3.05, 3.63) is 35.9 Å². The monoisotopic (exact) mass is 344 g/mol. The summed E-state index contributed by atoms with van der Waals surface area (Å²) in [4.78, 5) is 25.8. The van der Waals surface area contributed by atoms with Gasteiger partial charge < -0.3 is 15.0 Å². The van der Waals surface area contributed by atoms with Crippen LogP contribution in [0, 0.1) is 5.92 Å². The molecule has 0 aromatic heterocycles. The Bertz CT molecular complexity index is 627. The van der Waals surface area contributed by atoms with Gasteiger partial charge in [-0.1, -0.05) is 31.9 Å². The molecule has 25 heavy (non-hydrogen) atoms. The molecule has 1 N–H and O–H groups in total. The van der Waals surface area contributed by atoms with Crippen LogP contribution in [0.4, 0.5) is 0 Å². The number of rotatable bonds is 6. The van der Waals surface area contributed by atoms with E-state index in [2.05, 4.69) is 12.2 Å². The molecule has 5 heteroatoms. The average Bonchev–Trinajstić information content (AvgIpc) is 2.61. The third-order valence-electron chi connectivity index (χ3n) is 4.73. The maximum absolute atomic E-state index is 12.2. The molecule has 2 atom stereocenters. The van der Waals surface area contributed by atoms with E-state index in [1.807, 2.05) is 24.3 Å². The fourth-order valence-corrected chi connectivity index (χ4v) is 3.12. The van der Waals surface area contributed by atoms with Crippen LogP contribution in [0.1, 0.15) is 38.2 Å². The Hall–Kier alpha value is -2.30. The van der Waals surface area contributed by atoms with Gasteiger partial charge in [-0.05, 0) is 42.5 Å². The number of nitrogens with zero attached hydrogens (tertiary/aromatic N) is 1. The van der Waals surface area contributed by atoms with Crippen LogP contribution < -0.4 is 10.1 Å². The Labute approximate surface area is 150 Å². The van der Waals surface area contributed by atoms with Crippen LogP contribution in [0.5, 0.6) is 5.75 Å². The van der Waals surface area contributed by atoms with Gasteiger partial charge in [0.2, 0.25) is 11.8 Å². The highest BCUT2D eigenvalue weighted by atomic mass is 16.5. The highest BCUT2D eigenvalue weighted by molar-refractivity contribution is 5.94. The average molecular weight is 344 g/mol. The summed E-state index contributed by atoms with van der Waals surface area (Å²) < 4.78 is 5.16. The number of benzene rings is 1. The molecule has 5 nitrogen and oxygen atoms in total. The first-order valence-electron chi connectivity index (χ1n) is 8.86. The van der Waals surface area contributed by atoms with E-state index in [1.165, 1.54) is 17.4 Å². The van der Waals surface area contributed by atoms with Crippen molar-refractivity contribution >= 4 is 17.9 Å². The van der Waals surface area contributed by atoms with Gasteiger partial charge in [0.15, 0.2) is 0 Å². The normalized spacial score (nSPS) is 20.3. The first-order chi connectivity index (χ1) is 12.0. The molecule has 0 bridgehead atoms. The number of hydrogen-bond donors (Lipinski definition) is 1. The number of nitrogens with one attached hydrogen (secondary N) is 1. The van der Waals surface area contributed by atoms with E-state index in [1.54, 1.807) is 20.2 Å². The van der Waals surface area contributed by atoms with Gasteiger partial charge in [-0.15, -0.1) is 0 Å². The number of likely N-dealkylation sites (N-methyl/N-ethyl adjacent to an activating group) is 1. The fraction of sp³-hybridized carbons (Fsp3) is 0.500. The molecule has 0 aliphatic heterocycles. The molecule has 1 aromatic carbocycles. The summed E-state index contributed by atoms with van der Waals surface area (Å²) in [6.07, 6.45) is 7.78. The van der Waals surface area contributed by atoms with Crippen LogP contribution >= 0.6 is 0 Å². The molecule has 0 radical (unpaired) electrons. The molecule has 136 valence electrons. The second-order valence-electron chi connectivity index (χ2n) is 6.74. The predicted molar refractivity (Wildman–Crippen MR) is 99.2 cm³/mol. The van der Waals surface area contributed by atoms with Crippen molar-refractivity contribution in [2.75, 3.05) is 20.7 Å². The Morgan fingerprint density at radius 3 is 2.80 bits per heavy atom. The van der Waals surface area contributed by atoms with E-state index < -0.39 is 0 Å². The molecule has 2 amide bonds. The van der Waals surface area contributed by atoms with Crippen molar-refractivity contribution in [2.45, 2.75) is 38.6 Å². The molecule has 0 heterocycles. The van der Waals surface area contributed by atoms with Gasteiger partial charge in [0.1, 0.15) is 5.75 Å². The molecule has 0 saturated heterocycles. The van der Waals surface area contributed by atoms with E-state index in [-0.39, 0.29) is 24.4 Å². The van der Waals surface area contributed by atoms with Crippen LogP contribution in [0.25, 0.3) is 6.08 Å². The lowest BCUT2D eigenvalue weighted by Gasteiger charge is -2.30. The fourth-order valence-electron chi connectivity index (χ4n) is 3.12. The van der Waals surface area contributed by atoms with Gasteiger partial charge in [-0.3, -0.25) is 9.59 Å². The van der Waals surface area contributed by atoms with Crippen LogP contribution in [0.15, 0.2) is 30.3 Å². The zero-order chi connectivity index (χ0) is 18.2. The van der Waals surface area contributed by atoms with E-state index in [0.29, 0.717) is 5.92 Å². The summed E-state index contributed by atoms with van der Waals surface area (Å²) in [5, 5.41) is 3.07. The van der Waals surface area contributed by atoms with Gasteiger partial charge in [0, 0.05) is 19.2 Å². The predicted octanol–water partition coefficient (Wildman–Crippen LogP) is 2.86. The van der Waals surface area contributed by atoms with Crippen molar-refractivity contribution in [2.24, 2.45) is 5.92 Å². The van der Waals surface area contributed by atoms with Gasteiger partial charge >= 0.3 is 0 Å². The minimum atomic E-state index is -0.199. The lowest BCUT2D eigenvalue weighted by atomic mass is 9.86. The Balaban J connectivity index is 1.84. The Kier molecular flexibility index (Phi) is 7.04. The van der Waals surface area contributed by atoms with Crippen molar-refractivity contribution in [1.82, 2.24) is 10.2 Å². The second kappa shape index (κ2) is 9.25. The number of carbonyl (C=O) groups excluding carboxylic acids is 2. The standard InChI is InChI=1S/C20H28N2O3/c1-15-7-4-5-10-18(15)21-19(23)14-22(2)20(24)12-11-16-8-6-9-17(13-16)25-3/h6,8-9,11-13,15,18H,4-5,7,10,14H2,1-3H3,(H,21,23)/b12-11+. The molecule has 1 fully saturated rings. The molecule has 0 spiro atoms. The van der Waals surface area contributed by atoms with Crippen molar-refractivity contribution in [1.29, 1.82) is 0 Å². The van der Waals surface area contributed by atoms with Crippen LogP contribution in [-0.4, -0.2) is 43.5 Å². The van der Waals surface area contributed by atoms with E-state index in [9.17, 15) is 9.59 Å². The van der Waals surface area contributed by atoms with E-state index in [4.69, 9.17) is 4.74 Å². The van der Waals surface area contributed by atoms with E-state index >= 15 is 0 Å². The second-order valence-corrected chi connectivity index (χ2v) is 6.74. The zero-order valence-electron chi connectivity index (χ0n) is 15.3. The van der Waals surface area contributed by atoms with Gasteiger partial charge in [-0.2, -0.15) is 0 Å². The number of carbonyl (C=O) groups is 2.